The van der Waals surface area contributed by atoms with E-state index in [-0.39, 0.29) is 5.92 Å². The largest absolute Gasteiger partial charge is 0.385 e. The van der Waals surface area contributed by atoms with Crippen molar-refractivity contribution in [1.29, 1.82) is 0 Å². The predicted octanol–water partition coefficient (Wildman–Crippen LogP) is 2.08. The average molecular weight is 316 g/mol. The second kappa shape index (κ2) is 7.58. The smallest absolute Gasteiger partial charge is 0.142 e. The third-order valence-electron chi connectivity index (χ3n) is 4.45. The lowest BCUT2D eigenvalue weighted by Gasteiger charge is -2.38. The Kier molecular flexibility index (Phi) is 6.05. The summed E-state index contributed by atoms with van der Waals surface area (Å²) in [5, 5.41) is 15.3. The van der Waals surface area contributed by atoms with Crippen molar-refractivity contribution >= 4 is 11.6 Å². The zero-order valence-electron chi connectivity index (χ0n) is 12.9. The van der Waals surface area contributed by atoms with Gasteiger partial charge in [-0.2, -0.15) is 0 Å². The standard InChI is InChI=1S/C15H26ClN3O2/c1-19-13(16)11-18-14(19)15(20,7-3-4-9-21-2)12-6-5-8-17-10-12/h11-12,17,20H,3-10H2,1-2H3/t12?,15-/m0/s1. The minimum Gasteiger partial charge on any atom is -0.385 e. The van der Waals surface area contributed by atoms with Crippen LogP contribution in [0.3, 0.4) is 0 Å². The van der Waals surface area contributed by atoms with Gasteiger partial charge in [0, 0.05) is 33.2 Å². The van der Waals surface area contributed by atoms with E-state index in [0.717, 1.165) is 45.4 Å². The molecule has 1 aliphatic heterocycles. The van der Waals surface area contributed by atoms with Gasteiger partial charge in [-0.25, -0.2) is 4.98 Å². The molecule has 1 fully saturated rings. The van der Waals surface area contributed by atoms with Gasteiger partial charge >= 0.3 is 0 Å². The molecule has 0 spiro atoms. The lowest BCUT2D eigenvalue weighted by molar-refractivity contribution is -0.0527. The molecule has 2 heterocycles. The Balaban J connectivity index is 2.18. The van der Waals surface area contributed by atoms with Crippen LogP contribution >= 0.6 is 11.6 Å². The van der Waals surface area contributed by atoms with E-state index >= 15 is 0 Å². The molecule has 0 bridgehead atoms. The zero-order valence-corrected chi connectivity index (χ0v) is 13.7. The van der Waals surface area contributed by atoms with Crippen molar-refractivity contribution < 1.29 is 9.84 Å². The summed E-state index contributed by atoms with van der Waals surface area (Å²) >= 11 is 6.11. The first kappa shape index (κ1) is 16.7. The Morgan fingerprint density at radius 1 is 1.57 bits per heavy atom. The predicted molar refractivity (Wildman–Crippen MR) is 83.4 cm³/mol. The van der Waals surface area contributed by atoms with Crippen molar-refractivity contribution in [3.05, 3.63) is 17.2 Å². The Bertz CT molecular complexity index is 446. The molecular weight excluding hydrogens is 290 g/mol. The third-order valence-corrected chi connectivity index (χ3v) is 4.80. The Labute approximate surface area is 131 Å². The van der Waals surface area contributed by atoms with Gasteiger partial charge in [0.2, 0.25) is 0 Å². The highest BCUT2D eigenvalue weighted by molar-refractivity contribution is 6.29. The highest BCUT2D eigenvalue weighted by atomic mass is 35.5. The second-order valence-corrected chi connectivity index (χ2v) is 6.27. The molecule has 6 heteroatoms. The van der Waals surface area contributed by atoms with E-state index in [0.29, 0.717) is 17.4 Å². The average Bonchev–Trinajstić information content (AvgIpc) is 2.85. The van der Waals surface area contributed by atoms with E-state index in [4.69, 9.17) is 16.3 Å². The van der Waals surface area contributed by atoms with Gasteiger partial charge in [-0.15, -0.1) is 0 Å². The molecule has 2 N–H and O–H groups in total. The van der Waals surface area contributed by atoms with Crippen LogP contribution in [0.1, 0.15) is 37.9 Å². The fourth-order valence-electron chi connectivity index (χ4n) is 3.19. The molecule has 120 valence electrons. The van der Waals surface area contributed by atoms with Crippen molar-refractivity contribution in [1.82, 2.24) is 14.9 Å². The second-order valence-electron chi connectivity index (χ2n) is 5.88. The SMILES string of the molecule is COCCCC[C@@](O)(c1ncc(Cl)n1C)C1CCCNC1. The normalized spacial score (nSPS) is 22.2. The number of hydrogen-bond acceptors (Lipinski definition) is 4. The monoisotopic (exact) mass is 315 g/mol. The first-order chi connectivity index (χ1) is 10.1. The zero-order chi connectivity index (χ0) is 15.3. The highest BCUT2D eigenvalue weighted by Crippen LogP contribution is 2.38. The van der Waals surface area contributed by atoms with Crippen LogP contribution in [0.25, 0.3) is 0 Å². The summed E-state index contributed by atoms with van der Waals surface area (Å²) < 4.78 is 6.90. The van der Waals surface area contributed by atoms with Gasteiger partial charge in [-0.05, 0) is 38.6 Å². The number of rotatable bonds is 7. The summed E-state index contributed by atoms with van der Waals surface area (Å²) in [5.74, 6) is 0.851. The number of unbranched alkanes of at least 4 members (excludes halogenated alkanes) is 1. The molecule has 0 saturated carbocycles. The Morgan fingerprint density at radius 2 is 2.38 bits per heavy atom. The molecule has 1 aromatic heterocycles. The van der Waals surface area contributed by atoms with Gasteiger partial charge in [-0.1, -0.05) is 11.6 Å². The number of imidazole rings is 1. The van der Waals surface area contributed by atoms with Crippen LogP contribution in [0, 0.1) is 5.92 Å². The summed E-state index contributed by atoms with van der Waals surface area (Å²) in [7, 11) is 3.57. The minimum atomic E-state index is -0.928. The molecule has 0 amide bonds. The fourth-order valence-corrected chi connectivity index (χ4v) is 3.32. The number of aromatic nitrogens is 2. The van der Waals surface area contributed by atoms with Crippen LogP contribution in [-0.2, 0) is 17.4 Å². The molecule has 1 aliphatic rings. The fraction of sp³-hybridized carbons (Fsp3) is 0.800. The topological polar surface area (TPSA) is 59.3 Å². The number of halogens is 1. The molecule has 5 nitrogen and oxygen atoms in total. The van der Waals surface area contributed by atoms with Crippen LogP contribution in [-0.4, -0.2) is 41.5 Å². The van der Waals surface area contributed by atoms with Crippen molar-refractivity contribution in [3.8, 4) is 0 Å². The lowest BCUT2D eigenvalue weighted by Crippen LogP contribution is -2.45. The number of aliphatic hydroxyl groups is 1. The van der Waals surface area contributed by atoms with Gasteiger partial charge in [0.05, 0.1) is 6.20 Å². The number of methoxy groups -OCH3 is 1. The van der Waals surface area contributed by atoms with Gasteiger partial charge < -0.3 is 19.7 Å². The van der Waals surface area contributed by atoms with Gasteiger partial charge in [0.25, 0.3) is 0 Å². The lowest BCUT2D eigenvalue weighted by atomic mass is 9.78. The molecule has 0 aromatic carbocycles. The van der Waals surface area contributed by atoms with Crippen LogP contribution in [0.5, 0.6) is 0 Å². The molecule has 1 aromatic rings. The van der Waals surface area contributed by atoms with E-state index < -0.39 is 5.60 Å². The molecule has 2 atom stereocenters. The first-order valence-corrected chi connectivity index (χ1v) is 8.07. The maximum atomic E-state index is 11.4. The van der Waals surface area contributed by atoms with Gasteiger partial charge in [-0.3, -0.25) is 0 Å². The maximum absolute atomic E-state index is 11.4. The van der Waals surface area contributed by atoms with Crippen LogP contribution in [0.4, 0.5) is 0 Å². The molecule has 1 unspecified atom stereocenters. The van der Waals surface area contributed by atoms with E-state index in [2.05, 4.69) is 10.3 Å². The number of nitrogens with zero attached hydrogens (tertiary/aromatic N) is 2. The Morgan fingerprint density at radius 3 is 2.95 bits per heavy atom. The van der Waals surface area contributed by atoms with E-state index in [1.165, 1.54) is 0 Å². The summed E-state index contributed by atoms with van der Waals surface area (Å²) in [5.41, 5.74) is -0.928. The van der Waals surface area contributed by atoms with E-state index in [9.17, 15) is 5.11 Å². The van der Waals surface area contributed by atoms with Crippen molar-refractivity contribution in [2.24, 2.45) is 13.0 Å². The van der Waals surface area contributed by atoms with E-state index in [1.54, 1.807) is 17.9 Å². The number of nitrogens with one attached hydrogen (secondary N) is 1. The van der Waals surface area contributed by atoms with E-state index in [1.807, 2.05) is 7.05 Å². The summed E-state index contributed by atoms with van der Waals surface area (Å²) in [4.78, 5) is 4.38. The molecular formula is C15H26ClN3O2. The minimum absolute atomic E-state index is 0.172. The van der Waals surface area contributed by atoms with Crippen LogP contribution in [0.2, 0.25) is 5.15 Å². The van der Waals surface area contributed by atoms with Crippen LogP contribution in [0.15, 0.2) is 6.20 Å². The molecule has 2 rings (SSSR count). The summed E-state index contributed by atoms with van der Waals surface area (Å²) in [6.45, 7) is 2.57. The molecule has 0 radical (unpaired) electrons. The quantitative estimate of drug-likeness (QED) is 0.756. The van der Waals surface area contributed by atoms with Crippen molar-refractivity contribution in [2.45, 2.75) is 37.7 Å². The molecule has 0 aliphatic carbocycles. The first-order valence-electron chi connectivity index (χ1n) is 7.69. The van der Waals surface area contributed by atoms with Gasteiger partial charge in [0.15, 0.2) is 0 Å². The summed E-state index contributed by atoms with van der Waals surface area (Å²) in [6, 6.07) is 0. The van der Waals surface area contributed by atoms with Crippen LogP contribution < -0.4 is 5.32 Å². The maximum Gasteiger partial charge on any atom is 0.142 e. The third kappa shape index (κ3) is 3.77. The highest BCUT2D eigenvalue weighted by Gasteiger charge is 2.41. The Hall–Kier alpha value is -0.620. The number of ether oxygens (including phenoxy) is 1. The molecule has 1 saturated heterocycles. The van der Waals surface area contributed by atoms with Crippen molar-refractivity contribution in [2.75, 3.05) is 26.8 Å². The number of hydrogen-bond donors (Lipinski definition) is 2. The number of piperidine rings is 1. The summed E-state index contributed by atoms with van der Waals surface area (Å²) in [6.07, 6.45) is 6.25. The van der Waals surface area contributed by atoms with Gasteiger partial charge in [0.1, 0.15) is 16.6 Å². The van der Waals surface area contributed by atoms with Crippen molar-refractivity contribution in [3.63, 3.8) is 0 Å². The molecule has 21 heavy (non-hydrogen) atoms.